The van der Waals surface area contributed by atoms with Gasteiger partial charge < -0.3 is 9.80 Å². The summed E-state index contributed by atoms with van der Waals surface area (Å²) < 4.78 is 53.7. The van der Waals surface area contributed by atoms with E-state index in [4.69, 9.17) is 0 Å². The molecule has 0 spiro atoms. The number of piperazine rings is 1. The fourth-order valence-electron chi connectivity index (χ4n) is 3.61. The molecule has 1 aromatic carbocycles. The molecule has 2 aliphatic rings. The number of rotatable bonds is 4. The van der Waals surface area contributed by atoms with Crippen molar-refractivity contribution < 1.29 is 17.2 Å². The molecule has 0 unspecified atom stereocenters. The van der Waals surface area contributed by atoms with Crippen LogP contribution in [-0.4, -0.2) is 62.0 Å². The standard InChI is InChI=1S/C18H21F2N5O2S/c19-14-3-4-16(15(20)11-14)28(26,27)25-9-7-24(8-10-25)18-12-17(21-13-22-18)23-5-1-2-6-23/h3-4,11-13H,1-2,5-10H2. The van der Waals surface area contributed by atoms with Crippen molar-refractivity contribution in [1.82, 2.24) is 14.3 Å². The van der Waals surface area contributed by atoms with E-state index in [0.29, 0.717) is 19.2 Å². The molecule has 0 saturated carbocycles. The molecule has 2 saturated heterocycles. The Hall–Kier alpha value is -2.33. The third-order valence-corrected chi connectivity index (χ3v) is 7.07. The van der Waals surface area contributed by atoms with Crippen LogP contribution in [0.5, 0.6) is 0 Å². The molecule has 1 aromatic heterocycles. The first-order chi connectivity index (χ1) is 13.4. The normalized spacial score (nSPS) is 18.6. The maximum atomic E-state index is 14.0. The highest BCUT2D eigenvalue weighted by Gasteiger charge is 2.31. The molecule has 0 amide bonds. The number of hydrogen-bond donors (Lipinski definition) is 0. The minimum atomic E-state index is -4.01. The number of nitrogens with zero attached hydrogens (tertiary/aromatic N) is 5. The summed E-state index contributed by atoms with van der Waals surface area (Å²) in [6, 6.07) is 4.44. The first-order valence-electron chi connectivity index (χ1n) is 9.22. The number of benzene rings is 1. The molecule has 4 rings (SSSR count). The third-order valence-electron chi connectivity index (χ3n) is 5.14. The molecule has 28 heavy (non-hydrogen) atoms. The minimum absolute atomic E-state index is 0.197. The summed E-state index contributed by atoms with van der Waals surface area (Å²) in [6.07, 6.45) is 3.83. The SMILES string of the molecule is O=S(=O)(c1ccc(F)cc1F)N1CCN(c2cc(N3CCCC3)ncn2)CC1. The van der Waals surface area contributed by atoms with Gasteiger partial charge in [0.25, 0.3) is 0 Å². The zero-order valence-corrected chi connectivity index (χ0v) is 16.1. The Kier molecular flexibility index (Phi) is 5.15. The highest BCUT2D eigenvalue weighted by atomic mass is 32.2. The van der Waals surface area contributed by atoms with E-state index in [1.165, 1.54) is 10.6 Å². The molecule has 7 nitrogen and oxygen atoms in total. The molecule has 0 bridgehead atoms. The van der Waals surface area contributed by atoms with Gasteiger partial charge in [-0.1, -0.05) is 0 Å². The van der Waals surface area contributed by atoms with E-state index in [-0.39, 0.29) is 13.1 Å². The summed E-state index contributed by atoms with van der Waals surface area (Å²) in [5.74, 6) is -0.250. The van der Waals surface area contributed by atoms with E-state index in [0.717, 1.165) is 49.7 Å². The third kappa shape index (κ3) is 3.66. The molecular weight excluding hydrogens is 388 g/mol. The van der Waals surface area contributed by atoms with Crippen LogP contribution in [0.2, 0.25) is 0 Å². The zero-order valence-electron chi connectivity index (χ0n) is 15.3. The van der Waals surface area contributed by atoms with Crippen LogP contribution in [0, 0.1) is 11.6 Å². The van der Waals surface area contributed by atoms with E-state index >= 15 is 0 Å². The van der Waals surface area contributed by atoms with Crippen molar-refractivity contribution in [2.24, 2.45) is 0 Å². The largest absolute Gasteiger partial charge is 0.356 e. The second-order valence-electron chi connectivity index (χ2n) is 6.89. The van der Waals surface area contributed by atoms with Crippen molar-refractivity contribution in [3.05, 3.63) is 42.2 Å². The molecule has 2 aliphatic heterocycles. The fourth-order valence-corrected chi connectivity index (χ4v) is 5.08. The fraction of sp³-hybridized carbons (Fsp3) is 0.444. The van der Waals surface area contributed by atoms with Crippen LogP contribution >= 0.6 is 0 Å². The Labute approximate surface area is 162 Å². The predicted molar refractivity (Wildman–Crippen MR) is 101 cm³/mol. The predicted octanol–water partition coefficient (Wildman–Crippen LogP) is 1.87. The van der Waals surface area contributed by atoms with Crippen LogP contribution < -0.4 is 9.80 Å². The maximum Gasteiger partial charge on any atom is 0.246 e. The lowest BCUT2D eigenvalue weighted by Crippen LogP contribution is -2.49. The molecule has 2 aromatic rings. The summed E-state index contributed by atoms with van der Waals surface area (Å²) in [5.41, 5.74) is 0. The van der Waals surface area contributed by atoms with Crippen LogP contribution in [-0.2, 0) is 10.0 Å². The molecular formula is C18H21F2N5O2S. The Morgan fingerprint density at radius 1 is 0.821 bits per heavy atom. The monoisotopic (exact) mass is 409 g/mol. The molecule has 0 aliphatic carbocycles. The van der Waals surface area contributed by atoms with Gasteiger partial charge in [-0.05, 0) is 25.0 Å². The Morgan fingerprint density at radius 2 is 1.43 bits per heavy atom. The van der Waals surface area contributed by atoms with Gasteiger partial charge in [-0.3, -0.25) is 0 Å². The summed E-state index contributed by atoms with van der Waals surface area (Å²) in [5, 5.41) is 0. The van der Waals surface area contributed by atoms with Gasteiger partial charge in [0.1, 0.15) is 34.5 Å². The average molecular weight is 409 g/mol. The second kappa shape index (κ2) is 7.59. The maximum absolute atomic E-state index is 14.0. The van der Waals surface area contributed by atoms with Crippen LogP contribution in [0.15, 0.2) is 35.5 Å². The molecule has 3 heterocycles. The van der Waals surface area contributed by atoms with Gasteiger partial charge in [0, 0.05) is 51.4 Å². The van der Waals surface area contributed by atoms with Crippen molar-refractivity contribution in [3.8, 4) is 0 Å². The number of hydrogen-bond acceptors (Lipinski definition) is 6. The summed E-state index contributed by atoms with van der Waals surface area (Å²) in [7, 11) is -4.01. The Morgan fingerprint density at radius 3 is 2.04 bits per heavy atom. The van der Waals surface area contributed by atoms with E-state index in [9.17, 15) is 17.2 Å². The van der Waals surface area contributed by atoms with E-state index < -0.39 is 26.6 Å². The number of anilines is 2. The molecule has 10 heteroatoms. The lowest BCUT2D eigenvalue weighted by Gasteiger charge is -2.35. The molecule has 150 valence electrons. The van der Waals surface area contributed by atoms with Gasteiger partial charge in [-0.2, -0.15) is 4.31 Å². The summed E-state index contributed by atoms with van der Waals surface area (Å²) in [6.45, 7) is 3.21. The first-order valence-corrected chi connectivity index (χ1v) is 10.7. The average Bonchev–Trinajstić information content (AvgIpc) is 3.23. The molecule has 0 atom stereocenters. The zero-order chi connectivity index (χ0) is 19.7. The highest BCUT2D eigenvalue weighted by molar-refractivity contribution is 7.89. The number of halogens is 2. The van der Waals surface area contributed by atoms with Crippen LogP contribution in [0.25, 0.3) is 0 Å². The van der Waals surface area contributed by atoms with E-state index in [2.05, 4.69) is 14.9 Å². The molecule has 0 N–H and O–H groups in total. The molecule has 2 fully saturated rings. The second-order valence-corrected chi connectivity index (χ2v) is 8.80. The summed E-state index contributed by atoms with van der Waals surface area (Å²) in [4.78, 5) is 12.4. The Bertz CT molecular complexity index is 958. The summed E-state index contributed by atoms with van der Waals surface area (Å²) >= 11 is 0. The van der Waals surface area contributed by atoms with Gasteiger partial charge in [-0.25, -0.2) is 27.2 Å². The van der Waals surface area contributed by atoms with Crippen LogP contribution in [0.4, 0.5) is 20.4 Å². The number of aromatic nitrogens is 2. The topological polar surface area (TPSA) is 69.6 Å². The van der Waals surface area contributed by atoms with Crippen LogP contribution in [0.1, 0.15) is 12.8 Å². The highest BCUT2D eigenvalue weighted by Crippen LogP contribution is 2.25. The van der Waals surface area contributed by atoms with Crippen LogP contribution in [0.3, 0.4) is 0 Å². The molecule has 0 radical (unpaired) electrons. The van der Waals surface area contributed by atoms with Gasteiger partial charge in [0.15, 0.2) is 0 Å². The van der Waals surface area contributed by atoms with Gasteiger partial charge in [-0.15, -0.1) is 0 Å². The Balaban J connectivity index is 1.46. The van der Waals surface area contributed by atoms with Crippen molar-refractivity contribution in [1.29, 1.82) is 0 Å². The van der Waals surface area contributed by atoms with Gasteiger partial charge >= 0.3 is 0 Å². The van der Waals surface area contributed by atoms with Crippen molar-refractivity contribution >= 4 is 21.7 Å². The lowest BCUT2D eigenvalue weighted by atomic mass is 10.3. The van der Waals surface area contributed by atoms with Crippen molar-refractivity contribution in [2.75, 3.05) is 49.1 Å². The van der Waals surface area contributed by atoms with E-state index in [1.54, 1.807) is 0 Å². The first kappa shape index (κ1) is 19.0. The lowest BCUT2D eigenvalue weighted by molar-refractivity contribution is 0.381. The van der Waals surface area contributed by atoms with Gasteiger partial charge in [0.05, 0.1) is 0 Å². The van der Waals surface area contributed by atoms with Crippen molar-refractivity contribution in [2.45, 2.75) is 17.7 Å². The number of sulfonamides is 1. The van der Waals surface area contributed by atoms with E-state index in [1.807, 2.05) is 11.0 Å². The van der Waals surface area contributed by atoms with Crippen molar-refractivity contribution in [3.63, 3.8) is 0 Å². The quantitative estimate of drug-likeness (QED) is 0.768. The van der Waals surface area contributed by atoms with Gasteiger partial charge in [0.2, 0.25) is 10.0 Å². The minimum Gasteiger partial charge on any atom is -0.356 e. The smallest absolute Gasteiger partial charge is 0.246 e.